The van der Waals surface area contributed by atoms with Crippen LogP contribution in [0.1, 0.15) is 19.8 Å². The minimum Gasteiger partial charge on any atom is -0.373 e. The maximum absolute atomic E-state index is 11.0. The molecule has 1 fully saturated rings. The summed E-state index contributed by atoms with van der Waals surface area (Å²) in [5.41, 5.74) is 9.82. The third kappa shape index (κ3) is 3.21. The first-order valence-electron chi connectivity index (χ1n) is 4.53. The number of nitrogens with two attached hydrogens (primary N) is 2. The summed E-state index contributed by atoms with van der Waals surface area (Å²) in [6, 6.07) is -0.526. The molecule has 6 heteroatoms. The van der Waals surface area contributed by atoms with Gasteiger partial charge in [0.1, 0.15) is 0 Å². The Bertz CT molecular complexity index is 242. The molecule has 80 valence electrons. The zero-order valence-corrected chi connectivity index (χ0v) is 8.25. The van der Waals surface area contributed by atoms with Crippen molar-refractivity contribution in [2.24, 2.45) is 16.5 Å². The molecule has 1 aliphatic rings. The Balaban J connectivity index is 2.33. The Morgan fingerprint density at radius 3 is 2.86 bits per heavy atom. The fourth-order valence-corrected chi connectivity index (χ4v) is 1.40. The Kier molecular flexibility index (Phi) is 3.29. The fourth-order valence-electron chi connectivity index (χ4n) is 1.40. The van der Waals surface area contributed by atoms with E-state index >= 15 is 0 Å². The molecule has 0 radical (unpaired) electrons. The number of aliphatic imine (C=N–C) groups is 1. The van der Waals surface area contributed by atoms with Gasteiger partial charge in [-0.3, -0.25) is 0 Å². The van der Waals surface area contributed by atoms with E-state index < -0.39 is 6.03 Å². The highest BCUT2D eigenvalue weighted by molar-refractivity contribution is 5.90. The highest BCUT2D eigenvalue weighted by atomic mass is 16.5. The number of guanidine groups is 1. The van der Waals surface area contributed by atoms with Crippen molar-refractivity contribution in [2.45, 2.75) is 25.4 Å². The minimum atomic E-state index is -0.526. The van der Waals surface area contributed by atoms with Crippen LogP contribution >= 0.6 is 0 Å². The van der Waals surface area contributed by atoms with Crippen LogP contribution in [0.25, 0.3) is 0 Å². The number of rotatable bonds is 2. The average molecular weight is 200 g/mol. The van der Waals surface area contributed by atoms with Gasteiger partial charge in [0.05, 0.1) is 5.60 Å². The summed E-state index contributed by atoms with van der Waals surface area (Å²) in [6.45, 7) is 3.13. The van der Waals surface area contributed by atoms with E-state index in [9.17, 15) is 4.79 Å². The van der Waals surface area contributed by atoms with Crippen molar-refractivity contribution in [1.29, 1.82) is 0 Å². The quantitative estimate of drug-likeness (QED) is 0.414. The van der Waals surface area contributed by atoms with Crippen molar-refractivity contribution in [1.82, 2.24) is 5.32 Å². The van der Waals surface area contributed by atoms with E-state index in [0.29, 0.717) is 6.54 Å². The topological polar surface area (TPSA) is 103 Å². The molecular formula is C8H16N4O2. The zero-order chi connectivity index (χ0) is 10.6. The predicted molar refractivity (Wildman–Crippen MR) is 52.8 cm³/mol. The molecule has 0 saturated carbocycles. The van der Waals surface area contributed by atoms with Crippen LogP contribution in [0.15, 0.2) is 4.99 Å². The summed E-state index contributed by atoms with van der Waals surface area (Å²) >= 11 is 0. The Morgan fingerprint density at radius 1 is 1.64 bits per heavy atom. The number of carbonyl (C=O) groups is 1. The van der Waals surface area contributed by atoms with Gasteiger partial charge < -0.3 is 21.5 Å². The molecule has 6 nitrogen and oxygen atoms in total. The molecule has 1 heterocycles. The monoisotopic (exact) mass is 200 g/mol. The van der Waals surface area contributed by atoms with E-state index in [1.165, 1.54) is 0 Å². The first kappa shape index (κ1) is 10.8. The maximum atomic E-state index is 11.0. The molecule has 1 saturated heterocycles. The van der Waals surface area contributed by atoms with Crippen molar-refractivity contribution >= 4 is 12.0 Å². The van der Waals surface area contributed by atoms with Gasteiger partial charge in [0.2, 0.25) is 0 Å². The predicted octanol–water partition coefficient (Wildman–Crippen LogP) is -0.461. The number of nitrogens with zero attached hydrogens (tertiary/aromatic N) is 1. The summed E-state index contributed by atoms with van der Waals surface area (Å²) in [6.07, 6.45) is 1.96. The lowest BCUT2D eigenvalue weighted by Gasteiger charge is -2.22. The van der Waals surface area contributed by atoms with E-state index in [0.717, 1.165) is 19.4 Å². The Hall–Kier alpha value is -1.30. The van der Waals surface area contributed by atoms with E-state index in [1.807, 2.05) is 6.92 Å². The first-order chi connectivity index (χ1) is 6.52. The smallest absolute Gasteiger partial charge is 0.344 e. The van der Waals surface area contributed by atoms with Crippen LogP contribution in [0.3, 0.4) is 0 Å². The zero-order valence-electron chi connectivity index (χ0n) is 8.25. The molecule has 0 aromatic rings. The third-order valence-electron chi connectivity index (χ3n) is 2.14. The maximum Gasteiger partial charge on any atom is 0.344 e. The minimum absolute atomic E-state index is 0.236. The number of urea groups is 1. The summed E-state index contributed by atoms with van der Waals surface area (Å²) < 4.78 is 5.47. The second-order valence-corrected chi connectivity index (χ2v) is 3.60. The van der Waals surface area contributed by atoms with Crippen LogP contribution in [0.5, 0.6) is 0 Å². The number of amides is 2. The van der Waals surface area contributed by atoms with Crippen LogP contribution < -0.4 is 16.8 Å². The van der Waals surface area contributed by atoms with Gasteiger partial charge in [-0.05, 0) is 19.8 Å². The molecular weight excluding hydrogens is 184 g/mol. The van der Waals surface area contributed by atoms with Gasteiger partial charge >= 0.3 is 6.03 Å². The van der Waals surface area contributed by atoms with Gasteiger partial charge in [0, 0.05) is 13.2 Å². The van der Waals surface area contributed by atoms with E-state index in [4.69, 9.17) is 16.2 Å². The summed E-state index contributed by atoms with van der Waals surface area (Å²) in [4.78, 5) is 14.4. The summed E-state index contributed by atoms with van der Waals surface area (Å²) in [7, 11) is 0. The molecule has 0 aromatic heterocycles. The molecule has 0 spiro atoms. The lowest BCUT2D eigenvalue weighted by molar-refractivity contribution is 0.0231. The number of hydrogen-bond acceptors (Lipinski definition) is 2. The molecule has 14 heavy (non-hydrogen) atoms. The van der Waals surface area contributed by atoms with Gasteiger partial charge in [-0.15, -0.1) is 0 Å². The van der Waals surface area contributed by atoms with Gasteiger partial charge in [-0.25, -0.2) is 4.79 Å². The van der Waals surface area contributed by atoms with Crippen molar-refractivity contribution in [3.05, 3.63) is 0 Å². The van der Waals surface area contributed by atoms with Gasteiger partial charge in [0.25, 0.3) is 0 Å². The SMILES string of the molecule is CC1(CNC(=O)N=C(N)N)CCCO1. The van der Waals surface area contributed by atoms with Gasteiger partial charge in [-0.1, -0.05) is 0 Å². The van der Waals surface area contributed by atoms with E-state index in [1.54, 1.807) is 0 Å². The number of carbonyl (C=O) groups excluding carboxylic acids is 1. The second kappa shape index (κ2) is 4.28. The lowest BCUT2D eigenvalue weighted by Crippen LogP contribution is -2.40. The number of nitrogens with one attached hydrogen (secondary N) is 1. The van der Waals surface area contributed by atoms with Crippen LogP contribution in [0.2, 0.25) is 0 Å². The van der Waals surface area contributed by atoms with Crippen LogP contribution in [0.4, 0.5) is 4.79 Å². The fraction of sp³-hybridized carbons (Fsp3) is 0.750. The summed E-state index contributed by atoms with van der Waals surface area (Å²) in [5, 5.41) is 2.58. The largest absolute Gasteiger partial charge is 0.373 e. The van der Waals surface area contributed by atoms with Crippen LogP contribution in [-0.4, -0.2) is 30.7 Å². The molecule has 5 N–H and O–H groups in total. The number of ether oxygens (including phenoxy) is 1. The molecule has 1 atom stereocenters. The van der Waals surface area contributed by atoms with Crippen molar-refractivity contribution in [2.75, 3.05) is 13.2 Å². The molecule has 0 aromatic carbocycles. The highest BCUT2D eigenvalue weighted by Crippen LogP contribution is 2.23. The molecule has 0 bridgehead atoms. The van der Waals surface area contributed by atoms with Gasteiger partial charge in [-0.2, -0.15) is 4.99 Å². The second-order valence-electron chi connectivity index (χ2n) is 3.60. The highest BCUT2D eigenvalue weighted by Gasteiger charge is 2.29. The van der Waals surface area contributed by atoms with Crippen molar-refractivity contribution in [3.8, 4) is 0 Å². The third-order valence-corrected chi connectivity index (χ3v) is 2.14. The van der Waals surface area contributed by atoms with Crippen molar-refractivity contribution in [3.63, 3.8) is 0 Å². The summed E-state index contributed by atoms with van der Waals surface area (Å²) in [5.74, 6) is -0.236. The molecule has 1 rings (SSSR count). The van der Waals surface area contributed by atoms with Gasteiger partial charge in [0.15, 0.2) is 5.96 Å². The normalized spacial score (nSPS) is 25.8. The van der Waals surface area contributed by atoms with Crippen molar-refractivity contribution < 1.29 is 9.53 Å². The Morgan fingerprint density at radius 2 is 2.36 bits per heavy atom. The lowest BCUT2D eigenvalue weighted by atomic mass is 10.0. The first-order valence-corrected chi connectivity index (χ1v) is 4.53. The molecule has 0 aliphatic carbocycles. The number of hydrogen-bond donors (Lipinski definition) is 3. The Labute approximate surface area is 82.7 Å². The van der Waals surface area contributed by atoms with Crippen LogP contribution in [0, 0.1) is 0 Å². The standard InChI is InChI=1S/C8H16N4O2/c1-8(3-2-4-14-8)5-11-7(13)12-6(9)10/h2-5H2,1H3,(H5,9,10,11,12,13). The van der Waals surface area contributed by atoms with E-state index in [-0.39, 0.29) is 11.6 Å². The van der Waals surface area contributed by atoms with E-state index in [2.05, 4.69) is 10.3 Å². The molecule has 2 amide bonds. The average Bonchev–Trinajstić information content (AvgIpc) is 2.49. The van der Waals surface area contributed by atoms with Crippen LogP contribution in [-0.2, 0) is 4.74 Å². The molecule has 1 aliphatic heterocycles. The molecule has 1 unspecified atom stereocenters.